The first-order chi connectivity index (χ1) is 9.63. The van der Waals surface area contributed by atoms with Crippen LogP contribution in [0.5, 0.6) is 0 Å². The number of hydrogen-bond donors (Lipinski definition) is 1. The van der Waals surface area contributed by atoms with E-state index in [-0.39, 0.29) is 11.8 Å². The largest absolute Gasteiger partial charge is 0.313 e. The average Bonchev–Trinajstić information content (AvgIpc) is 2.89. The Morgan fingerprint density at radius 2 is 1.90 bits per heavy atom. The Morgan fingerprint density at radius 1 is 1.20 bits per heavy atom. The van der Waals surface area contributed by atoms with Crippen molar-refractivity contribution >= 4 is 11.8 Å². The summed E-state index contributed by atoms with van der Waals surface area (Å²) in [6.07, 6.45) is -1.35. The lowest BCUT2D eigenvalue weighted by Gasteiger charge is -2.23. The van der Waals surface area contributed by atoms with Crippen molar-refractivity contribution in [3.8, 4) is 0 Å². The lowest BCUT2D eigenvalue weighted by molar-refractivity contribution is -0.182. The maximum atomic E-state index is 12.2. The monoisotopic (exact) mass is 275 g/mol. The number of amides is 2. The van der Waals surface area contributed by atoms with Gasteiger partial charge in [0.15, 0.2) is 6.10 Å². The van der Waals surface area contributed by atoms with Crippen LogP contribution in [0.4, 0.5) is 0 Å². The van der Waals surface area contributed by atoms with E-state index < -0.39 is 18.2 Å². The van der Waals surface area contributed by atoms with E-state index in [1.165, 1.54) is 9.96 Å². The quantitative estimate of drug-likeness (QED) is 0.791. The van der Waals surface area contributed by atoms with Crippen molar-refractivity contribution in [2.24, 2.45) is 11.7 Å². The van der Waals surface area contributed by atoms with Crippen molar-refractivity contribution in [2.45, 2.75) is 25.7 Å². The Bertz CT molecular complexity index is 534. The van der Waals surface area contributed by atoms with E-state index in [1.54, 1.807) is 6.92 Å². The van der Waals surface area contributed by atoms with E-state index >= 15 is 0 Å². The maximum Gasteiger partial charge on any atom is 0.261 e. The number of likely N-dealkylation sites (tertiary alicyclic amines) is 1. The number of imide groups is 1. The highest BCUT2D eigenvalue weighted by molar-refractivity contribution is 6.07. The fourth-order valence-electron chi connectivity index (χ4n) is 2.77. The van der Waals surface area contributed by atoms with Gasteiger partial charge >= 0.3 is 0 Å². The van der Waals surface area contributed by atoms with Crippen LogP contribution in [0.2, 0.25) is 0 Å². The van der Waals surface area contributed by atoms with Crippen LogP contribution in [0.3, 0.4) is 0 Å². The molecule has 2 aliphatic rings. The Hall–Kier alpha value is -1.76. The Kier molecular flexibility index (Phi) is 3.29. The number of likely N-dealkylation sites (N-methyl/N-ethyl adjacent to an activating group) is 1. The number of benzene rings is 1. The van der Waals surface area contributed by atoms with E-state index in [2.05, 4.69) is 0 Å². The van der Waals surface area contributed by atoms with Crippen molar-refractivity contribution in [3.63, 3.8) is 0 Å². The van der Waals surface area contributed by atoms with E-state index in [9.17, 15) is 9.59 Å². The molecule has 1 aromatic rings. The molecule has 2 N–H and O–H groups in total. The molecule has 0 aliphatic carbocycles. The second-order valence-corrected chi connectivity index (χ2v) is 5.02. The summed E-state index contributed by atoms with van der Waals surface area (Å²) in [5.74, 6) is -1.11. The summed E-state index contributed by atoms with van der Waals surface area (Å²) in [5.41, 5.74) is 7.11. The highest BCUT2D eigenvalue weighted by Crippen LogP contribution is 2.34. The number of carbonyl (C=O) groups is 2. The SMILES string of the molecule is CCN1C(=O)C2ON(Cc3ccccc3)[C@@H](N)C2C1=O. The fraction of sp³-hybridized carbons (Fsp3) is 0.429. The van der Waals surface area contributed by atoms with Gasteiger partial charge in [-0.2, -0.15) is 5.06 Å². The van der Waals surface area contributed by atoms with Crippen LogP contribution in [0.25, 0.3) is 0 Å². The summed E-state index contributed by atoms with van der Waals surface area (Å²) in [6, 6.07) is 9.67. The van der Waals surface area contributed by atoms with Crippen LogP contribution in [0.15, 0.2) is 30.3 Å². The van der Waals surface area contributed by atoms with E-state index in [0.717, 1.165) is 5.56 Å². The number of rotatable bonds is 3. The molecule has 2 aliphatic heterocycles. The molecule has 0 spiro atoms. The second-order valence-electron chi connectivity index (χ2n) is 5.02. The smallest absolute Gasteiger partial charge is 0.261 e. The molecule has 2 heterocycles. The molecular formula is C14H17N3O3. The molecular weight excluding hydrogens is 258 g/mol. The topological polar surface area (TPSA) is 75.9 Å². The predicted molar refractivity (Wildman–Crippen MR) is 70.7 cm³/mol. The summed E-state index contributed by atoms with van der Waals surface area (Å²) in [5, 5.41) is 1.54. The average molecular weight is 275 g/mol. The minimum atomic E-state index is -0.763. The van der Waals surface area contributed by atoms with Crippen molar-refractivity contribution in [1.29, 1.82) is 0 Å². The van der Waals surface area contributed by atoms with Gasteiger partial charge in [0, 0.05) is 6.54 Å². The number of nitrogens with two attached hydrogens (primary N) is 1. The van der Waals surface area contributed by atoms with Gasteiger partial charge in [-0.25, -0.2) is 0 Å². The lowest BCUT2D eigenvalue weighted by Crippen LogP contribution is -2.44. The summed E-state index contributed by atoms with van der Waals surface area (Å²) in [7, 11) is 0. The highest BCUT2D eigenvalue weighted by Gasteiger charge is 2.57. The number of hydroxylamine groups is 2. The molecule has 0 aromatic heterocycles. The van der Waals surface area contributed by atoms with Gasteiger partial charge in [0.05, 0.1) is 12.7 Å². The summed E-state index contributed by atoms with van der Waals surface area (Å²) in [6.45, 7) is 2.59. The van der Waals surface area contributed by atoms with Gasteiger partial charge in [-0.1, -0.05) is 30.3 Å². The fourth-order valence-corrected chi connectivity index (χ4v) is 2.77. The molecule has 1 aromatic carbocycles. The molecule has 6 heteroatoms. The number of nitrogens with zero attached hydrogens (tertiary/aromatic N) is 2. The Morgan fingerprint density at radius 3 is 2.50 bits per heavy atom. The van der Waals surface area contributed by atoms with Crippen molar-refractivity contribution in [3.05, 3.63) is 35.9 Å². The molecule has 2 unspecified atom stereocenters. The third-order valence-corrected chi connectivity index (χ3v) is 3.83. The van der Waals surface area contributed by atoms with Crippen LogP contribution in [-0.2, 0) is 21.0 Å². The van der Waals surface area contributed by atoms with E-state index in [0.29, 0.717) is 13.1 Å². The van der Waals surface area contributed by atoms with Crippen molar-refractivity contribution < 1.29 is 14.4 Å². The van der Waals surface area contributed by atoms with Crippen molar-refractivity contribution in [1.82, 2.24) is 9.96 Å². The van der Waals surface area contributed by atoms with Gasteiger partial charge in [0.1, 0.15) is 5.92 Å². The molecule has 2 fully saturated rings. The number of fused-ring (bicyclic) bond motifs is 1. The molecule has 0 radical (unpaired) electrons. The first kappa shape index (κ1) is 13.2. The molecule has 0 bridgehead atoms. The van der Waals surface area contributed by atoms with Gasteiger partial charge < -0.3 is 5.73 Å². The minimum Gasteiger partial charge on any atom is -0.313 e. The van der Waals surface area contributed by atoms with Crippen molar-refractivity contribution in [2.75, 3.05) is 6.54 Å². The number of carbonyl (C=O) groups excluding carboxylic acids is 2. The highest BCUT2D eigenvalue weighted by atomic mass is 16.7. The molecule has 6 nitrogen and oxygen atoms in total. The third kappa shape index (κ3) is 1.93. The van der Waals surface area contributed by atoms with E-state index in [4.69, 9.17) is 10.6 Å². The van der Waals surface area contributed by atoms with Crippen LogP contribution in [-0.4, -0.2) is 40.6 Å². The first-order valence-corrected chi connectivity index (χ1v) is 6.71. The zero-order valence-corrected chi connectivity index (χ0v) is 11.2. The van der Waals surface area contributed by atoms with Crippen LogP contribution in [0, 0.1) is 5.92 Å². The first-order valence-electron chi connectivity index (χ1n) is 6.71. The molecule has 106 valence electrons. The van der Waals surface area contributed by atoms with Crippen LogP contribution < -0.4 is 5.73 Å². The third-order valence-electron chi connectivity index (χ3n) is 3.83. The van der Waals surface area contributed by atoms with Gasteiger partial charge in [0.25, 0.3) is 5.91 Å². The maximum absolute atomic E-state index is 12.2. The molecule has 2 amide bonds. The van der Waals surface area contributed by atoms with Gasteiger partial charge in [-0.15, -0.1) is 0 Å². The van der Waals surface area contributed by atoms with Crippen LogP contribution >= 0.6 is 0 Å². The second kappa shape index (κ2) is 4.97. The molecule has 3 atom stereocenters. The van der Waals surface area contributed by atoms with E-state index in [1.807, 2.05) is 30.3 Å². The zero-order chi connectivity index (χ0) is 14.3. The molecule has 3 rings (SSSR count). The van der Waals surface area contributed by atoms with Crippen LogP contribution in [0.1, 0.15) is 12.5 Å². The predicted octanol–water partition coefficient (Wildman–Crippen LogP) is 0.0921. The normalized spacial score (nSPS) is 30.1. The Balaban J connectivity index is 1.77. The molecule has 0 saturated carbocycles. The summed E-state index contributed by atoms with van der Waals surface area (Å²) >= 11 is 0. The van der Waals surface area contributed by atoms with Gasteiger partial charge in [0.2, 0.25) is 5.91 Å². The van der Waals surface area contributed by atoms with Gasteiger partial charge in [-0.05, 0) is 12.5 Å². The number of hydrogen-bond acceptors (Lipinski definition) is 5. The molecule has 20 heavy (non-hydrogen) atoms. The minimum absolute atomic E-state index is 0.231. The zero-order valence-electron chi connectivity index (χ0n) is 11.2. The summed E-state index contributed by atoms with van der Waals surface area (Å²) < 4.78 is 0. The Labute approximate surface area is 117 Å². The molecule has 2 saturated heterocycles. The lowest BCUT2D eigenvalue weighted by atomic mass is 10.0. The van der Waals surface area contributed by atoms with Gasteiger partial charge in [-0.3, -0.25) is 19.3 Å². The standard InChI is InChI=1S/C14H17N3O3/c1-2-16-13(18)10-11(14(16)19)20-17(12(10)15)8-9-6-4-3-5-7-9/h3-7,10-12H,2,8,15H2,1H3/t10?,11?,12-/m1/s1. The summed E-state index contributed by atoms with van der Waals surface area (Å²) in [4.78, 5) is 31.1.